The van der Waals surface area contributed by atoms with E-state index >= 15 is 0 Å². The van der Waals surface area contributed by atoms with Gasteiger partial charge in [-0.05, 0) is 69.7 Å². The van der Waals surface area contributed by atoms with E-state index in [1.54, 1.807) is 38.5 Å². The average molecular weight is 428 g/mol. The van der Waals surface area contributed by atoms with Crippen LogP contribution in [-0.4, -0.2) is 44.2 Å². The van der Waals surface area contributed by atoms with E-state index in [1.807, 2.05) is 45.9 Å². The van der Waals surface area contributed by atoms with Gasteiger partial charge in [-0.3, -0.25) is 0 Å². The molecule has 168 valence electrons. The number of hydrogen-bond acceptors (Lipinski definition) is 6. The largest absolute Gasteiger partial charge is 0.496 e. The lowest BCUT2D eigenvalue weighted by Crippen LogP contribution is -2.38. The highest BCUT2D eigenvalue weighted by Crippen LogP contribution is 2.28. The molecule has 0 unspecified atom stereocenters. The fourth-order valence-electron chi connectivity index (χ4n) is 3.51. The van der Waals surface area contributed by atoms with Crippen molar-refractivity contribution in [2.24, 2.45) is 0 Å². The molecule has 0 saturated heterocycles. The first-order valence-corrected chi connectivity index (χ1v) is 10.3. The third-order valence-corrected chi connectivity index (χ3v) is 4.96. The fraction of sp³-hybridized carbons (Fsp3) is 0.440. The highest BCUT2D eigenvalue weighted by molar-refractivity contribution is 5.89. The Kier molecular flexibility index (Phi) is 8.22. The van der Waals surface area contributed by atoms with Gasteiger partial charge < -0.3 is 24.4 Å². The number of nitrogens with one attached hydrogen (secondary N) is 1. The Morgan fingerprint density at radius 3 is 2.26 bits per heavy atom. The molecule has 0 aliphatic carbocycles. The molecule has 2 rings (SSSR count). The summed E-state index contributed by atoms with van der Waals surface area (Å²) in [5.41, 5.74) is 1.42. The van der Waals surface area contributed by atoms with E-state index in [2.05, 4.69) is 0 Å². The first-order chi connectivity index (χ1) is 14.6. The van der Waals surface area contributed by atoms with Gasteiger partial charge >= 0.3 is 5.97 Å². The summed E-state index contributed by atoms with van der Waals surface area (Å²) in [5.74, 6) is 0.949. The number of carbonyl (C=O) groups is 1. The lowest BCUT2D eigenvalue weighted by atomic mass is 9.92. The van der Waals surface area contributed by atoms with Gasteiger partial charge in [0.05, 0.1) is 24.9 Å². The number of esters is 1. The molecule has 2 aromatic carbocycles. The van der Waals surface area contributed by atoms with E-state index < -0.39 is 5.60 Å². The Morgan fingerprint density at radius 1 is 1.00 bits per heavy atom. The van der Waals surface area contributed by atoms with E-state index in [9.17, 15) is 4.79 Å². The summed E-state index contributed by atoms with van der Waals surface area (Å²) in [4.78, 5) is 12.3. The molecule has 0 spiro atoms. The molecule has 0 aliphatic heterocycles. The van der Waals surface area contributed by atoms with Crippen LogP contribution < -0.4 is 9.47 Å². The van der Waals surface area contributed by atoms with Gasteiger partial charge in [0.1, 0.15) is 17.1 Å². The maximum Gasteiger partial charge on any atom is 0.338 e. The first-order valence-electron chi connectivity index (χ1n) is 10.3. The van der Waals surface area contributed by atoms with Gasteiger partial charge in [-0.2, -0.15) is 0 Å². The van der Waals surface area contributed by atoms with E-state index in [1.165, 1.54) is 6.21 Å². The number of carbonyl (C=O) groups excluding carboxylic acids is 1. The SMILES string of the molecule is COc1ccc(CCOC(=O)c2ccc(OC(C)(C)CC(C)(C)OC)cc2)cc1C=N. The van der Waals surface area contributed by atoms with Gasteiger partial charge in [0.15, 0.2) is 0 Å². The van der Waals surface area contributed by atoms with Crippen LogP contribution in [0.25, 0.3) is 0 Å². The van der Waals surface area contributed by atoms with E-state index in [0.29, 0.717) is 35.5 Å². The Bertz CT molecular complexity index is 887. The normalized spacial score (nSPS) is 11.7. The topological polar surface area (TPSA) is 77.8 Å². The second kappa shape index (κ2) is 10.4. The Hall–Kier alpha value is -2.86. The van der Waals surface area contributed by atoms with Crippen molar-refractivity contribution in [2.45, 2.75) is 51.7 Å². The van der Waals surface area contributed by atoms with Gasteiger partial charge in [0, 0.05) is 31.7 Å². The molecular weight excluding hydrogens is 394 g/mol. The third kappa shape index (κ3) is 7.40. The molecule has 0 radical (unpaired) electrons. The van der Waals surface area contributed by atoms with Gasteiger partial charge in [0.2, 0.25) is 0 Å². The monoisotopic (exact) mass is 427 g/mol. The van der Waals surface area contributed by atoms with Crippen LogP contribution in [0.5, 0.6) is 11.5 Å². The van der Waals surface area contributed by atoms with Crippen LogP contribution in [0.4, 0.5) is 0 Å². The predicted molar refractivity (Wildman–Crippen MR) is 122 cm³/mol. The molecule has 0 aliphatic rings. The molecule has 6 nitrogen and oxygen atoms in total. The molecule has 0 atom stereocenters. The van der Waals surface area contributed by atoms with Crippen LogP contribution in [0.15, 0.2) is 42.5 Å². The number of ether oxygens (including phenoxy) is 4. The molecule has 0 fully saturated rings. The fourth-order valence-corrected chi connectivity index (χ4v) is 3.51. The average Bonchev–Trinajstić information content (AvgIpc) is 2.73. The van der Waals surface area contributed by atoms with Crippen molar-refractivity contribution in [1.82, 2.24) is 0 Å². The van der Waals surface area contributed by atoms with Gasteiger partial charge in [-0.25, -0.2) is 4.79 Å². The quantitative estimate of drug-likeness (QED) is 0.400. The molecule has 31 heavy (non-hydrogen) atoms. The zero-order chi connectivity index (χ0) is 23.1. The zero-order valence-corrected chi connectivity index (χ0v) is 19.3. The van der Waals surface area contributed by atoms with Crippen molar-refractivity contribution in [3.05, 3.63) is 59.2 Å². The Labute approximate surface area is 185 Å². The number of benzene rings is 2. The van der Waals surface area contributed by atoms with Crippen LogP contribution in [0.1, 0.15) is 55.6 Å². The highest BCUT2D eigenvalue weighted by Gasteiger charge is 2.30. The van der Waals surface area contributed by atoms with Gasteiger partial charge in [-0.1, -0.05) is 6.07 Å². The smallest absolute Gasteiger partial charge is 0.338 e. The van der Waals surface area contributed by atoms with Crippen LogP contribution in [0.2, 0.25) is 0 Å². The van der Waals surface area contributed by atoms with Crippen LogP contribution in [-0.2, 0) is 15.9 Å². The van der Waals surface area contributed by atoms with Crippen LogP contribution >= 0.6 is 0 Å². The minimum atomic E-state index is -0.421. The molecule has 0 heterocycles. The van der Waals surface area contributed by atoms with Crippen molar-refractivity contribution in [3.8, 4) is 11.5 Å². The summed E-state index contributed by atoms with van der Waals surface area (Å²) in [5, 5.41) is 7.46. The maximum atomic E-state index is 12.3. The first kappa shape index (κ1) is 24.4. The predicted octanol–water partition coefficient (Wildman–Crippen LogP) is 5.06. The lowest BCUT2D eigenvalue weighted by molar-refractivity contribution is -0.0402. The van der Waals surface area contributed by atoms with E-state index in [4.69, 9.17) is 24.4 Å². The Morgan fingerprint density at radius 2 is 1.68 bits per heavy atom. The molecule has 2 aromatic rings. The summed E-state index contributed by atoms with van der Waals surface area (Å²) in [6.07, 6.45) is 2.52. The van der Waals surface area contributed by atoms with Crippen molar-refractivity contribution in [3.63, 3.8) is 0 Å². The third-order valence-electron chi connectivity index (χ3n) is 4.96. The molecule has 0 aromatic heterocycles. The second-order valence-corrected chi connectivity index (χ2v) is 8.63. The molecule has 0 amide bonds. The maximum absolute atomic E-state index is 12.3. The molecular formula is C25H33NO5. The van der Waals surface area contributed by atoms with Gasteiger partial charge in [0.25, 0.3) is 0 Å². The van der Waals surface area contributed by atoms with Crippen LogP contribution in [0.3, 0.4) is 0 Å². The Balaban J connectivity index is 1.90. The van der Waals surface area contributed by atoms with E-state index in [-0.39, 0.29) is 18.2 Å². The molecule has 0 saturated carbocycles. The summed E-state index contributed by atoms with van der Waals surface area (Å²) >= 11 is 0. The molecule has 6 heteroatoms. The number of rotatable bonds is 11. The summed E-state index contributed by atoms with van der Waals surface area (Å²) in [6.45, 7) is 8.32. The van der Waals surface area contributed by atoms with Crippen molar-refractivity contribution in [2.75, 3.05) is 20.8 Å². The van der Waals surface area contributed by atoms with Crippen molar-refractivity contribution < 1.29 is 23.7 Å². The van der Waals surface area contributed by atoms with Crippen LogP contribution in [0, 0.1) is 5.41 Å². The van der Waals surface area contributed by atoms with Crippen molar-refractivity contribution in [1.29, 1.82) is 5.41 Å². The molecule has 0 bridgehead atoms. The van der Waals surface area contributed by atoms with Crippen molar-refractivity contribution >= 4 is 12.2 Å². The highest BCUT2D eigenvalue weighted by atomic mass is 16.5. The summed E-state index contributed by atoms with van der Waals surface area (Å²) in [6, 6.07) is 12.5. The standard InChI is InChI=1S/C25H33NO5/c1-24(2,29-6)17-25(3,4)31-21-10-8-19(9-11-21)23(27)30-14-13-18-7-12-22(28-5)20(15-18)16-26/h7-12,15-16,26H,13-14,17H2,1-6H3. The second-order valence-electron chi connectivity index (χ2n) is 8.63. The zero-order valence-electron chi connectivity index (χ0n) is 19.3. The number of hydrogen-bond donors (Lipinski definition) is 1. The summed E-state index contributed by atoms with van der Waals surface area (Å²) in [7, 11) is 3.26. The summed E-state index contributed by atoms with van der Waals surface area (Å²) < 4.78 is 22.2. The lowest BCUT2D eigenvalue weighted by Gasteiger charge is -2.34. The minimum absolute atomic E-state index is 0.250. The number of methoxy groups -OCH3 is 2. The van der Waals surface area contributed by atoms with E-state index in [0.717, 1.165) is 5.56 Å². The minimum Gasteiger partial charge on any atom is -0.496 e. The van der Waals surface area contributed by atoms with Gasteiger partial charge in [-0.15, -0.1) is 0 Å². The molecule has 1 N–H and O–H groups in total.